The third-order valence-corrected chi connectivity index (χ3v) is 5.31. The van der Waals surface area contributed by atoms with Crippen LogP contribution in [0.25, 0.3) is 0 Å². The largest absolute Gasteiger partial charge is 0.492 e. The monoisotopic (exact) mass is 332 g/mol. The van der Waals surface area contributed by atoms with Gasteiger partial charge in [0.15, 0.2) is 0 Å². The summed E-state index contributed by atoms with van der Waals surface area (Å²) in [5, 5.41) is 3.40. The maximum Gasteiger partial charge on any atom is 0.240 e. The third kappa shape index (κ3) is 6.69. The molecule has 0 aliphatic rings. The molecule has 1 unspecified atom stereocenters. The molecule has 1 aromatic carbocycles. The van der Waals surface area contributed by atoms with Crippen molar-refractivity contribution in [2.45, 2.75) is 24.0 Å². The molecule has 0 aliphatic heterocycles. The van der Waals surface area contributed by atoms with Crippen LogP contribution >= 0.6 is 11.8 Å². The summed E-state index contributed by atoms with van der Waals surface area (Å²) in [5.41, 5.74) is 0. The summed E-state index contributed by atoms with van der Waals surface area (Å²) in [6.45, 7) is 6.66. The Morgan fingerprint density at radius 1 is 1.29 bits per heavy atom. The summed E-state index contributed by atoms with van der Waals surface area (Å²) in [6.07, 6.45) is 1.96. The average molecular weight is 332 g/mol. The fourth-order valence-corrected chi connectivity index (χ4v) is 3.01. The highest BCUT2D eigenvalue weighted by atomic mass is 32.2. The zero-order valence-electron chi connectivity index (χ0n) is 12.8. The number of thioether (sulfide) groups is 1. The first kappa shape index (κ1) is 18.3. The van der Waals surface area contributed by atoms with Crippen molar-refractivity contribution in [3.63, 3.8) is 0 Å². The normalized spacial score (nSPS) is 13.1. The number of likely N-dealkylation sites (N-methyl/N-ethyl adjacent to an activating group) is 1. The molecule has 21 heavy (non-hydrogen) atoms. The van der Waals surface area contributed by atoms with Crippen LogP contribution in [0.3, 0.4) is 0 Å². The van der Waals surface area contributed by atoms with Crippen LogP contribution < -0.4 is 14.8 Å². The molecular formula is C14H24N2O3S2. The van der Waals surface area contributed by atoms with Gasteiger partial charge in [0.1, 0.15) is 12.4 Å². The van der Waals surface area contributed by atoms with Gasteiger partial charge in [0.25, 0.3) is 0 Å². The Balaban J connectivity index is 2.56. The number of rotatable bonds is 10. The molecule has 0 spiro atoms. The van der Waals surface area contributed by atoms with E-state index in [4.69, 9.17) is 4.74 Å². The van der Waals surface area contributed by atoms with Crippen molar-refractivity contribution in [3.8, 4) is 5.75 Å². The first-order valence-corrected chi connectivity index (χ1v) is 9.72. The van der Waals surface area contributed by atoms with Crippen molar-refractivity contribution in [2.75, 3.05) is 32.5 Å². The fourth-order valence-electron chi connectivity index (χ4n) is 1.53. The van der Waals surface area contributed by atoms with Crippen LogP contribution in [0.4, 0.5) is 0 Å². The second-order valence-electron chi connectivity index (χ2n) is 4.57. The van der Waals surface area contributed by atoms with E-state index < -0.39 is 10.0 Å². The minimum Gasteiger partial charge on any atom is -0.492 e. The van der Waals surface area contributed by atoms with Crippen LogP contribution in [0.2, 0.25) is 0 Å². The Morgan fingerprint density at radius 2 is 1.95 bits per heavy atom. The van der Waals surface area contributed by atoms with E-state index in [1.165, 1.54) is 0 Å². The van der Waals surface area contributed by atoms with Crippen molar-refractivity contribution in [1.29, 1.82) is 0 Å². The summed E-state index contributed by atoms with van der Waals surface area (Å²) in [5.74, 6) is 0.671. The van der Waals surface area contributed by atoms with Crippen LogP contribution in [0.5, 0.6) is 5.75 Å². The van der Waals surface area contributed by atoms with Crippen LogP contribution in [-0.4, -0.2) is 46.2 Å². The molecule has 0 radical (unpaired) electrons. The minimum atomic E-state index is -3.44. The van der Waals surface area contributed by atoms with Gasteiger partial charge in [0, 0.05) is 18.3 Å². The van der Waals surface area contributed by atoms with Gasteiger partial charge in [-0.15, -0.1) is 0 Å². The standard InChI is InChI=1S/C14H24N2O3S2/c1-4-15-9-10-19-13-5-7-14(8-6-13)21(17,18)16-11-12(2)20-3/h5-8,12,15-16H,4,9-11H2,1-3H3. The van der Waals surface area contributed by atoms with Gasteiger partial charge in [0.05, 0.1) is 4.90 Å². The Hall–Kier alpha value is -0.760. The predicted octanol–water partition coefficient (Wildman–Crippen LogP) is 1.70. The van der Waals surface area contributed by atoms with Gasteiger partial charge in [-0.05, 0) is 37.1 Å². The van der Waals surface area contributed by atoms with Crippen molar-refractivity contribution < 1.29 is 13.2 Å². The predicted molar refractivity (Wildman–Crippen MR) is 88.6 cm³/mol. The lowest BCUT2D eigenvalue weighted by atomic mass is 10.3. The quantitative estimate of drug-likeness (QED) is 0.639. The summed E-state index contributed by atoms with van der Waals surface area (Å²) in [6, 6.07) is 6.49. The Bertz CT molecular complexity index is 503. The second kappa shape index (κ2) is 9.30. The lowest BCUT2D eigenvalue weighted by Gasteiger charge is -2.11. The molecule has 0 aliphatic carbocycles. The average Bonchev–Trinajstić information content (AvgIpc) is 2.50. The van der Waals surface area contributed by atoms with E-state index in [9.17, 15) is 8.42 Å². The van der Waals surface area contributed by atoms with Crippen LogP contribution in [0.1, 0.15) is 13.8 Å². The molecule has 0 bridgehead atoms. The highest BCUT2D eigenvalue weighted by molar-refractivity contribution is 7.99. The van der Waals surface area contributed by atoms with Gasteiger partial charge in [0.2, 0.25) is 10.0 Å². The number of sulfonamides is 1. The van der Waals surface area contributed by atoms with Crippen molar-refractivity contribution in [3.05, 3.63) is 24.3 Å². The number of benzene rings is 1. The Kier molecular flexibility index (Phi) is 8.10. The molecule has 0 saturated carbocycles. The molecule has 2 N–H and O–H groups in total. The molecule has 1 rings (SSSR count). The van der Waals surface area contributed by atoms with Crippen LogP contribution in [0, 0.1) is 0 Å². The molecule has 1 atom stereocenters. The molecule has 0 aromatic heterocycles. The summed E-state index contributed by atoms with van der Waals surface area (Å²) in [7, 11) is -3.44. The summed E-state index contributed by atoms with van der Waals surface area (Å²) < 4.78 is 32.3. The lowest BCUT2D eigenvalue weighted by Crippen LogP contribution is -2.29. The van der Waals surface area contributed by atoms with E-state index in [0.717, 1.165) is 13.1 Å². The topological polar surface area (TPSA) is 67.4 Å². The first-order chi connectivity index (χ1) is 9.99. The van der Waals surface area contributed by atoms with E-state index in [1.807, 2.05) is 20.1 Å². The molecule has 1 aromatic rings. The first-order valence-electron chi connectivity index (χ1n) is 6.95. The van der Waals surface area contributed by atoms with Crippen LogP contribution in [0.15, 0.2) is 29.2 Å². The third-order valence-electron chi connectivity index (χ3n) is 2.89. The number of hydrogen-bond donors (Lipinski definition) is 2. The molecule has 5 nitrogen and oxygen atoms in total. The van der Waals surface area contributed by atoms with Gasteiger partial charge in [-0.1, -0.05) is 13.8 Å². The van der Waals surface area contributed by atoms with Gasteiger partial charge in [-0.2, -0.15) is 11.8 Å². The van der Waals surface area contributed by atoms with Gasteiger partial charge >= 0.3 is 0 Å². The van der Waals surface area contributed by atoms with Crippen molar-refractivity contribution in [2.24, 2.45) is 0 Å². The van der Waals surface area contributed by atoms with Crippen molar-refractivity contribution >= 4 is 21.8 Å². The molecule has 0 amide bonds. The molecule has 0 heterocycles. The number of ether oxygens (including phenoxy) is 1. The Morgan fingerprint density at radius 3 is 2.52 bits per heavy atom. The molecule has 7 heteroatoms. The highest BCUT2D eigenvalue weighted by Gasteiger charge is 2.14. The molecule has 0 fully saturated rings. The van der Waals surface area contributed by atoms with E-state index in [-0.39, 0.29) is 10.1 Å². The van der Waals surface area contributed by atoms with E-state index in [0.29, 0.717) is 18.9 Å². The molecule has 120 valence electrons. The van der Waals surface area contributed by atoms with E-state index in [1.54, 1.807) is 36.0 Å². The van der Waals surface area contributed by atoms with Gasteiger partial charge < -0.3 is 10.1 Å². The zero-order chi connectivity index (χ0) is 15.7. The maximum atomic E-state index is 12.1. The second-order valence-corrected chi connectivity index (χ2v) is 7.61. The van der Waals surface area contributed by atoms with Crippen molar-refractivity contribution in [1.82, 2.24) is 10.0 Å². The number of nitrogens with one attached hydrogen (secondary N) is 2. The lowest BCUT2D eigenvalue weighted by molar-refractivity contribution is 0.315. The fraction of sp³-hybridized carbons (Fsp3) is 0.571. The smallest absolute Gasteiger partial charge is 0.240 e. The summed E-state index contributed by atoms with van der Waals surface area (Å²) >= 11 is 1.62. The van der Waals surface area contributed by atoms with Gasteiger partial charge in [-0.3, -0.25) is 0 Å². The van der Waals surface area contributed by atoms with Gasteiger partial charge in [-0.25, -0.2) is 13.1 Å². The molecule has 0 saturated heterocycles. The zero-order valence-corrected chi connectivity index (χ0v) is 14.4. The van der Waals surface area contributed by atoms with E-state index in [2.05, 4.69) is 10.0 Å². The summed E-state index contributed by atoms with van der Waals surface area (Å²) in [4.78, 5) is 0.259. The minimum absolute atomic E-state index is 0.244. The maximum absolute atomic E-state index is 12.1. The van der Waals surface area contributed by atoms with E-state index >= 15 is 0 Å². The molecular weight excluding hydrogens is 308 g/mol. The SMILES string of the molecule is CCNCCOc1ccc(S(=O)(=O)NCC(C)SC)cc1. The highest BCUT2D eigenvalue weighted by Crippen LogP contribution is 2.16. The Labute approximate surface area is 131 Å². The number of hydrogen-bond acceptors (Lipinski definition) is 5. The van der Waals surface area contributed by atoms with Crippen LogP contribution in [-0.2, 0) is 10.0 Å².